The molecule has 0 saturated carbocycles. The third kappa shape index (κ3) is 5.99. The highest BCUT2D eigenvalue weighted by Crippen LogP contribution is 1.97. The van der Waals surface area contributed by atoms with Crippen LogP contribution in [0, 0.1) is 0 Å². The highest BCUT2D eigenvalue weighted by Gasteiger charge is 1.93. The Bertz CT molecular complexity index is 266. The predicted octanol–water partition coefficient (Wildman–Crippen LogP) is 1.84. The van der Waals surface area contributed by atoms with Crippen molar-refractivity contribution >= 4 is 18.5 Å². The Balaban J connectivity index is 4.01. The summed E-state index contributed by atoms with van der Waals surface area (Å²) >= 11 is 4.02. The van der Waals surface area contributed by atoms with Crippen LogP contribution in [0.5, 0.6) is 0 Å². The van der Waals surface area contributed by atoms with Gasteiger partial charge in [0.2, 0.25) is 5.91 Å². The number of nitrogens with one attached hydrogen (secondary N) is 1. The SMILES string of the molecule is C=CC(=O)NC(=C)/C=C\C(=C)CS. The molecule has 0 aliphatic rings. The number of hydrogen-bond acceptors (Lipinski definition) is 2. The number of carbonyl (C=O) groups is 1. The van der Waals surface area contributed by atoms with Crippen LogP contribution in [-0.4, -0.2) is 11.7 Å². The minimum Gasteiger partial charge on any atom is -0.323 e. The average molecular weight is 195 g/mol. The second-order valence-corrected chi connectivity index (χ2v) is 2.68. The van der Waals surface area contributed by atoms with Gasteiger partial charge in [0, 0.05) is 11.4 Å². The van der Waals surface area contributed by atoms with Gasteiger partial charge in [-0.05, 0) is 17.7 Å². The maximum Gasteiger partial charge on any atom is 0.247 e. The lowest BCUT2D eigenvalue weighted by Gasteiger charge is -1.99. The molecule has 0 aromatic rings. The van der Waals surface area contributed by atoms with Gasteiger partial charge in [0.25, 0.3) is 0 Å². The first-order chi connectivity index (χ1) is 6.10. The molecule has 0 saturated heterocycles. The lowest BCUT2D eigenvalue weighted by Crippen LogP contribution is -2.17. The number of carbonyl (C=O) groups excluding carboxylic acids is 1. The van der Waals surface area contributed by atoms with Crippen LogP contribution >= 0.6 is 12.6 Å². The third-order valence-corrected chi connectivity index (χ3v) is 1.60. The fourth-order valence-electron chi connectivity index (χ4n) is 0.522. The van der Waals surface area contributed by atoms with Crippen molar-refractivity contribution in [3.8, 4) is 0 Å². The molecule has 0 bridgehead atoms. The maximum atomic E-state index is 10.8. The molecule has 70 valence electrons. The van der Waals surface area contributed by atoms with Crippen LogP contribution in [0.3, 0.4) is 0 Å². The van der Waals surface area contributed by atoms with E-state index in [1.54, 1.807) is 12.2 Å². The maximum absolute atomic E-state index is 10.8. The van der Waals surface area contributed by atoms with Gasteiger partial charge in [0.15, 0.2) is 0 Å². The highest BCUT2D eigenvalue weighted by molar-refractivity contribution is 7.80. The largest absolute Gasteiger partial charge is 0.323 e. The van der Waals surface area contributed by atoms with Crippen molar-refractivity contribution in [2.45, 2.75) is 0 Å². The Morgan fingerprint density at radius 3 is 2.46 bits per heavy atom. The van der Waals surface area contributed by atoms with Crippen molar-refractivity contribution < 1.29 is 4.79 Å². The molecule has 1 amide bonds. The molecule has 0 unspecified atom stereocenters. The van der Waals surface area contributed by atoms with E-state index in [1.807, 2.05) is 0 Å². The Kier molecular flexibility index (Phi) is 5.72. The van der Waals surface area contributed by atoms with Crippen molar-refractivity contribution in [2.24, 2.45) is 0 Å². The normalized spacial score (nSPS) is 9.62. The molecule has 0 rings (SSSR count). The van der Waals surface area contributed by atoms with Crippen LogP contribution in [0.15, 0.2) is 49.2 Å². The van der Waals surface area contributed by atoms with Gasteiger partial charge in [-0.15, -0.1) is 0 Å². The second kappa shape index (κ2) is 6.31. The summed E-state index contributed by atoms with van der Waals surface area (Å²) in [5.74, 6) is 0.310. The number of hydrogen-bond donors (Lipinski definition) is 2. The molecule has 0 aromatic heterocycles. The molecular weight excluding hydrogens is 182 g/mol. The van der Waals surface area contributed by atoms with Crippen LogP contribution < -0.4 is 5.32 Å². The number of thiol groups is 1. The first kappa shape index (κ1) is 11.8. The number of rotatable bonds is 5. The van der Waals surface area contributed by atoms with Crippen molar-refractivity contribution in [3.63, 3.8) is 0 Å². The van der Waals surface area contributed by atoms with Crippen molar-refractivity contribution in [2.75, 3.05) is 5.75 Å². The van der Waals surface area contributed by atoms with Crippen molar-refractivity contribution in [1.82, 2.24) is 5.32 Å². The Labute approximate surface area is 84.1 Å². The molecule has 0 spiro atoms. The molecule has 0 atom stereocenters. The second-order valence-electron chi connectivity index (χ2n) is 2.37. The molecule has 0 radical (unpaired) electrons. The average Bonchev–Trinajstić information content (AvgIpc) is 2.13. The van der Waals surface area contributed by atoms with Crippen LogP contribution in [0.1, 0.15) is 0 Å². The zero-order valence-corrected chi connectivity index (χ0v) is 8.31. The summed E-state index contributed by atoms with van der Waals surface area (Å²) in [5.41, 5.74) is 1.37. The van der Waals surface area contributed by atoms with Gasteiger partial charge in [0.05, 0.1) is 0 Å². The van der Waals surface area contributed by atoms with E-state index < -0.39 is 0 Å². The summed E-state index contributed by atoms with van der Waals surface area (Å²) in [7, 11) is 0. The van der Waals surface area contributed by atoms with Gasteiger partial charge in [-0.2, -0.15) is 12.6 Å². The summed E-state index contributed by atoms with van der Waals surface area (Å²) < 4.78 is 0. The summed E-state index contributed by atoms with van der Waals surface area (Å²) in [6.07, 6.45) is 4.60. The van der Waals surface area contributed by atoms with Crippen LogP contribution in [0.4, 0.5) is 0 Å². The van der Waals surface area contributed by atoms with E-state index in [4.69, 9.17) is 0 Å². The van der Waals surface area contributed by atoms with Crippen molar-refractivity contribution in [1.29, 1.82) is 0 Å². The van der Waals surface area contributed by atoms with E-state index in [0.29, 0.717) is 11.4 Å². The molecule has 0 aromatic carbocycles. The van der Waals surface area contributed by atoms with E-state index in [1.165, 1.54) is 6.08 Å². The topological polar surface area (TPSA) is 29.1 Å². The summed E-state index contributed by atoms with van der Waals surface area (Å²) in [5, 5.41) is 2.50. The molecule has 13 heavy (non-hydrogen) atoms. The molecule has 1 N–H and O–H groups in total. The van der Waals surface area contributed by atoms with Gasteiger partial charge in [0.1, 0.15) is 0 Å². The zero-order chi connectivity index (χ0) is 10.3. The Morgan fingerprint density at radius 2 is 2.00 bits per heavy atom. The number of allylic oxidation sites excluding steroid dienone is 2. The quantitative estimate of drug-likeness (QED) is 0.391. The fourth-order valence-corrected chi connectivity index (χ4v) is 0.627. The van der Waals surface area contributed by atoms with Crippen LogP contribution in [0.2, 0.25) is 0 Å². The first-order valence-electron chi connectivity index (χ1n) is 3.69. The van der Waals surface area contributed by atoms with Crippen LogP contribution in [-0.2, 0) is 4.79 Å². The molecular formula is C10H13NOS. The van der Waals surface area contributed by atoms with Crippen LogP contribution in [0.25, 0.3) is 0 Å². The molecule has 2 nitrogen and oxygen atoms in total. The van der Waals surface area contributed by atoms with E-state index in [2.05, 4.69) is 37.7 Å². The van der Waals surface area contributed by atoms with Crippen molar-refractivity contribution in [3.05, 3.63) is 49.2 Å². The van der Waals surface area contributed by atoms with E-state index in [9.17, 15) is 4.79 Å². The lowest BCUT2D eigenvalue weighted by atomic mass is 10.3. The Hall–Kier alpha value is -1.22. The highest BCUT2D eigenvalue weighted by atomic mass is 32.1. The smallest absolute Gasteiger partial charge is 0.247 e. The molecule has 0 heterocycles. The van der Waals surface area contributed by atoms with E-state index >= 15 is 0 Å². The van der Waals surface area contributed by atoms with E-state index in [0.717, 1.165) is 5.57 Å². The molecule has 0 fully saturated rings. The zero-order valence-electron chi connectivity index (χ0n) is 7.42. The van der Waals surface area contributed by atoms with Gasteiger partial charge in [-0.1, -0.05) is 25.8 Å². The van der Waals surface area contributed by atoms with E-state index in [-0.39, 0.29) is 5.91 Å². The first-order valence-corrected chi connectivity index (χ1v) is 4.32. The lowest BCUT2D eigenvalue weighted by molar-refractivity contribution is -0.115. The number of amides is 1. The molecule has 3 heteroatoms. The van der Waals surface area contributed by atoms with Gasteiger partial charge >= 0.3 is 0 Å². The van der Waals surface area contributed by atoms with Gasteiger partial charge in [-0.3, -0.25) is 4.79 Å². The minimum atomic E-state index is -0.272. The monoisotopic (exact) mass is 195 g/mol. The summed E-state index contributed by atoms with van der Waals surface area (Å²) in [6, 6.07) is 0. The fraction of sp³-hybridized carbons (Fsp3) is 0.100. The predicted molar refractivity (Wildman–Crippen MR) is 59.6 cm³/mol. The standard InChI is InChI=1S/C10H13NOS/c1-4-10(12)11-9(3)6-5-8(2)7-13/h4-6,13H,1-3,7H2,(H,11,12)/b6-5-. The van der Waals surface area contributed by atoms with Gasteiger partial charge in [-0.25, -0.2) is 0 Å². The molecule has 0 aliphatic carbocycles. The minimum absolute atomic E-state index is 0.272. The molecule has 0 aliphatic heterocycles. The summed E-state index contributed by atoms with van der Waals surface area (Å²) in [6.45, 7) is 10.6. The third-order valence-electron chi connectivity index (χ3n) is 1.19. The summed E-state index contributed by atoms with van der Waals surface area (Å²) in [4.78, 5) is 10.8. The van der Waals surface area contributed by atoms with Gasteiger partial charge < -0.3 is 5.32 Å². The Morgan fingerprint density at radius 1 is 1.38 bits per heavy atom.